The predicted molar refractivity (Wildman–Crippen MR) is 63.0 cm³/mol. The smallest absolute Gasteiger partial charge is 0.332 e. The molecule has 4 nitrogen and oxygen atoms in total. The Hall–Kier alpha value is -1.03. The van der Waals surface area contributed by atoms with E-state index in [4.69, 9.17) is 16.3 Å². The maximum Gasteiger partial charge on any atom is 0.332 e. The van der Waals surface area contributed by atoms with Gasteiger partial charge in [0.15, 0.2) is 0 Å². The normalized spacial score (nSPS) is 12.2. The molecule has 0 radical (unpaired) electrons. The van der Waals surface area contributed by atoms with Crippen LogP contribution >= 0.6 is 11.6 Å². The number of amides is 1. The summed E-state index contributed by atoms with van der Waals surface area (Å²) < 4.78 is 4.71. The zero-order valence-corrected chi connectivity index (χ0v) is 10.9. The Morgan fingerprint density at radius 2 is 2.00 bits per heavy atom. The summed E-state index contributed by atoms with van der Waals surface area (Å²) in [6.45, 7) is 7.11. The molecule has 0 unspecified atom stereocenters. The summed E-state index contributed by atoms with van der Waals surface area (Å²) in [6, 6.07) is 0. The lowest BCUT2D eigenvalue weighted by atomic mass is 9.95. The summed E-state index contributed by atoms with van der Waals surface area (Å²) >= 11 is 5.66. The second-order valence-electron chi connectivity index (χ2n) is 4.05. The van der Waals surface area contributed by atoms with Crippen molar-refractivity contribution in [3.05, 3.63) is 11.8 Å². The first-order valence-electron chi connectivity index (χ1n) is 5.06. The lowest BCUT2D eigenvalue weighted by molar-refractivity contribution is -0.137. The van der Waals surface area contributed by atoms with Crippen LogP contribution in [0.25, 0.3) is 0 Å². The average Bonchev–Trinajstić information content (AvgIpc) is 2.17. The van der Waals surface area contributed by atoms with Gasteiger partial charge in [-0.1, -0.05) is 0 Å². The van der Waals surface area contributed by atoms with Gasteiger partial charge < -0.3 is 10.1 Å². The van der Waals surface area contributed by atoms with E-state index < -0.39 is 11.4 Å². The fourth-order valence-electron chi connectivity index (χ4n) is 0.806. The molecule has 0 aromatic carbocycles. The lowest BCUT2D eigenvalue weighted by Gasteiger charge is -2.20. The number of carbonyl (C=O) groups excluding carboxylic acids is 2. The molecule has 0 aliphatic rings. The molecule has 1 N–H and O–H groups in total. The number of allylic oxidation sites excluding steroid dienone is 1. The lowest BCUT2D eigenvalue weighted by Crippen LogP contribution is -2.37. The van der Waals surface area contributed by atoms with E-state index in [9.17, 15) is 9.59 Å². The topological polar surface area (TPSA) is 55.4 Å². The second kappa shape index (κ2) is 6.53. The van der Waals surface area contributed by atoms with Crippen LogP contribution in [-0.2, 0) is 14.3 Å². The van der Waals surface area contributed by atoms with E-state index in [1.807, 2.05) is 0 Å². The summed E-state index contributed by atoms with van der Waals surface area (Å²) in [4.78, 5) is 22.7. The molecule has 0 rings (SSSR count). The fourth-order valence-corrected chi connectivity index (χ4v) is 0.927. The zero-order valence-electron chi connectivity index (χ0n) is 10.1. The number of alkyl halides is 1. The Balaban J connectivity index is 4.40. The highest BCUT2D eigenvalue weighted by molar-refractivity contribution is 6.19. The van der Waals surface area contributed by atoms with Gasteiger partial charge in [0.25, 0.3) is 0 Å². The molecule has 0 bridgehead atoms. The van der Waals surface area contributed by atoms with Gasteiger partial charge in [-0.25, -0.2) is 4.79 Å². The van der Waals surface area contributed by atoms with Crippen LogP contribution in [0.5, 0.6) is 0 Å². The Labute approximate surface area is 101 Å². The van der Waals surface area contributed by atoms with Gasteiger partial charge in [0, 0.05) is 17.7 Å². The highest BCUT2D eigenvalue weighted by Crippen LogP contribution is 2.17. The van der Waals surface area contributed by atoms with Gasteiger partial charge in [0.05, 0.1) is 12.0 Å². The molecule has 0 fully saturated rings. The van der Waals surface area contributed by atoms with Gasteiger partial charge in [-0.05, 0) is 27.7 Å². The van der Waals surface area contributed by atoms with Crippen molar-refractivity contribution in [2.45, 2.75) is 27.7 Å². The Kier molecular flexibility index (Phi) is 6.11. The van der Waals surface area contributed by atoms with Crippen LogP contribution in [-0.4, -0.2) is 24.4 Å². The highest BCUT2D eigenvalue weighted by Gasteiger charge is 2.26. The highest BCUT2D eigenvalue weighted by atomic mass is 35.5. The monoisotopic (exact) mass is 247 g/mol. The standard InChI is InChI=1S/C11H18ClNO3/c1-5-16-9(14)6-8(2)13-10(15)11(3,4)7-12/h6H,5,7H2,1-4H3,(H,13,15). The number of hydrogen-bond donors (Lipinski definition) is 1. The van der Waals surface area contributed by atoms with Gasteiger partial charge in [-0.2, -0.15) is 0 Å². The van der Waals surface area contributed by atoms with Crippen molar-refractivity contribution in [2.75, 3.05) is 12.5 Å². The van der Waals surface area contributed by atoms with Gasteiger partial charge in [0.2, 0.25) is 5.91 Å². The van der Waals surface area contributed by atoms with Crippen LogP contribution in [0.15, 0.2) is 11.8 Å². The quantitative estimate of drug-likeness (QED) is 0.458. The van der Waals surface area contributed by atoms with Crippen LogP contribution in [0.2, 0.25) is 0 Å². The maximum absolute atomic E-state index is 11.7. The molecule has 0 heterocycles. The first-order chi connectivity index (χ1) is 7.33. The molecule has 0 aromatic heterocycles. The molecule has 0 aliphatic heterocycles. The Bertz CT molecular complexity index is 298. The van der Waals surface area contributed by atoms with Crippen molar-refractivity contribution in [3.8, 4) is 0 Å². The minimum absolute atomic E-state index is 0.214. The average molecular weight is 248 g/mol. The van der Waals surface area contributed by atoms with E-state index in [2.05, 4.69) is 5.32 Å². The maximum atomic E-state index is 11.7. The van der Waals surface area contributed by atoms with E-state index in [0.29, 0.717) is 12.3 Å². The minimum atomic E-state index is -0.661. The summed E-state index contributed by atoms with van der Waals surface area (Å²) in [5.41, 5.74) is -0.215. The van der Waals surface area contributed by atoms with E-state index in [-0.39, 0.29) is 11.8 Å². The van der Waals surface area contributed by atoms with Crippen molar-refractivity contribution < 1.29 is 14.3 Å². The molecule has 0 saturated carbocycles. The van der Waals surface area contributed by atoms with Crippen LogP contribution in [0.1, 0.15) is 27.7 Å². The van der Waals surface area contributed by atoms with Gasteiger partial charge in [-0.3, -0.25) is 4.79 Å². The van der Waals surface area contributed by atoms with E-state index in [0.717, 1.165) is 0 Å². The fraction of sp³-hybridized carbons (Fsp3) is 0.636. The molecule has 0 aliphatic carbocycles. The second-order valence-corrected chi connectivity index (χ2v) is 4.32. The third-order valence-electron chi connectivity index (χ3n) is 1.88. The number of nitrogens with one attached hydrogen (secondary N) is 1. The zero-order chi connectivity index (χ0) is 12.8. The SMILES string of the molecule is CCOC(=O)C=C(C)NC(=O)C(C)(C)CCl. The van der Waals surface area contributed by atoms with Gasteiger partial charge in [0.1, 0.15) is 0 Å². The van der Waals surface area contributed by atoms with Crippen molar-refractivity contribution in [1.82, 2.24) is 5.32 Å². The molecule has 5 heteroatoms. The largest absolute Gasteiger partial charge is 0.463 e. The van der Waals surface area contributed by atoms with E-state index in [1.54, 1.807) is 27.7 Å². The first-order valence-corrected chi connectivity index (χ1v) is 5.59. The molecule has 0 spiro atoms. The van der Waals surface area contributed by atoms with Crippen LogP contribution in [0.4, 0.5) is 0 Å². The van der Waals surface area contributed by atoms with Gasteiger partial charge >= 0.3 is 5.97 Å². The summed E-state index contributed by atoms with van der Waals surface area (Å²) in [7, 11) is 0. The molecule has 0 saturated heterocycles. The molecule has 0 atom stereocenters. The van der Waals surface area contributed by atoms with E-state index in [1.165, 1.54) is 6.08 Å². The summed E-state index contributed by atoms with van der Waals surface area (Å²) in [6.07, 6.45) is 1.24. The van der Waals surface area contributed by atoms with Crippen molar-refractivity contribution in [3.63, 3.8) is 0 Å². The number of esters is 1. The van der Waals surface area contributed by atoms with Gasteiger partial charge in [-0.15, -0.1) is 11.6 Å². The van der Waals surface area contributed by atoms with E-state index >= 15 is 0 Å². The van der Waals surface area contributed by atoms with Crippen LogP contribution in [0.3, 0.4) is 0 Å². The Morgan fingerprint density at radius 1 is 1.44 bits per heavy atom. The summed E-state index contributed by atoms with van der Waals surface area (Å²) in [5, 5.41) is 2.60. The number of rotatable bonds is 5. The van der Waals surface area contributed by atoms with Crippen molar-refractivity contribution in [1.29, 1.82) is 0 Å². The van der Waals surface area contributed by atoms with Crippen molar-refractivity contribution in [2.24, 2.45) is 5.41 Å². The third-order valence-corrected chi connectivity index (χ3v) is 2.55. The Morgan fingerprint density at radius 3 is 2.44 bits per heavy atom. The predicted octanol–water partition coefficient (Wildman–Crippen LogP) is 1.83. The molecule has 92 valence electrons. The molecule has 16 heavy (non-hydrogen) atoms. The number of ether oxygens (including phenoxy) is 1. The molecular weight excluding hydrogens is 230 g/mol. The molecular formula is C11H18ClNO3. The van der Waals surface area contributed by atoms with Crippen LogP contribution in [0, 0.1) is 5.41 Å². The minimum Gasteiger partial charge on any atom is -0.463 e. The third kappa shape index (κ3) is 5.16. The number of halogens is 1. The van der Waals surface area contributed by atoms with Crippen LogP contribution < -0.4 is 5.32 Å². The number of carbonyl (C=O) groups is 2. The number of hydrogen-bond acceptors (Lipinski definition) is 3. The van der Waals surface area contributed by atoms with Crippen molar-refractivity contribution >= 4 is 23.5 Å². The molecule has 0 aromatic rings. The summed E-state index contributed by atoms with van der Waals surface area (Å²) in [5.74, 6) is -0.476. The first kappa shape index (κ1) is 15.0. The molecule has 1 amide bonds.